The van der Waals surface area contributed by atoms with Crippen molar-refractivity contribution < 1.29 is 14.3 Å². The van der Waals surface area contributed by atoms with Crippen LogP contribution in [0.15, 0.2) is 48.5 Å². The molecule has 5 heteroatoms. The SMILES string of the molecule is CCCNC(=O)C1CCC(=O)N(c2ccc(C)cc2)C1c1ccccc1OC. The maximum atomic E-state index is 13.0. The van der Waals surface area contributed by atoms with Crippen molar-refractivity contribution in [2.45, 2.75) is 39.2 Å². The Morgan fingerprint density at radius 1 is 1.18 bits per heavy atom. The van der Waals surface area contributed by atoms with Gasteiger partial charge < -0.3 is 15.0 Å². The van der Waals surface area contributed by atoms with Crippen LogP contribution in [0.3, 0.4) is 0 Å². The lowest BCUT2D eigenvalue weighted by atomic mass is 9.82. The monoisotopic (exact) mass is 380 g/mol. The van der Waals surface area contributed by atoms with E-state index >= 15 is 0 Å². The first kappa shape index (κ1) is 19.9. The summed E-state index contributed by atoms with van der Waals surface area (Å²) < 4.78 is 5.58. The molecule has 1 aliphatic rings. The van der Waals surface area contributed by atoms with Crippen LogP contribution in [-0.4, -0.2) is 25.5 Å². The molecule has 0 aliphatic carbocycles. The molecule has 1 fully saturated rings. The number of carbonyl (C=O) groups excluding carboxylic acids is 2. The molecule has 0 spiro atoms. The van der Waals surface area contributed by atoms with Gasteiger partial charge >= 0.3 is 0 Å². The summed E-state index contributed by atoms with van der Waals surface area (Å²) in [6.45, 7) is 4.67. The minimum absolute atomic E-state index is 0.0117. The van der Waals surface area contributed by atoms with Gasteiger partial charge in [0, 0.05) is 24.2 Å². The largest absolute Gasteiger partial charge is 0.496 e. The highest BCUT2D eigenvalue weighted by atomic mass is 16.5. The van der Waals surface area contributed by atoms with Gasteiger partial charge in [0.2, 0.25) is 11.8 Å². The van der Waals surface area contributed by atoms with E-state index in [9.17, 15) is 9.59 Å². The van der Waals surface area contributed by atoms with E-state index in [0.29, 0.717) is 25.1 Å². The smallest absolute Gasteiger partial charge is 0.227 e. The standard InChI is InChI=1S/C23H28N2O3/c1-4-15-24-23(27)19-13-14-21(26)25(17-11-9-16(2)10-12-17)22(19)18-7-5-6-8-20(18)28-3/h5-12,19,22H,4,13-15H2,1-3H3,(H,24,27). The second-order valence-corrected chi connectivity index (χ2v) is 7.22. The van der Waals surface area contributed by atoms with Gasteiger partial charge in [0.05, 0.1) is 19.1 Å². The summed E-state index contributed by atoms with van der Waals surface area (Å²) in [6.07, 6.45) is 1.75. The highest BCUT2D eigenvalue weighted by Gasteiger charge is 2.42. The second-order valence-electron chi connectivity index (χ2n) is 7.22. The summed E-state index contributed by atoms with van der Waals surface area (Å²) in [5.41, 5.74) is 2.79. The van der Waals surface area contributed by atoms with Crippen LogP contribution in [0.2, 0.25) is 0 Å². The molecular weight excluding hydrogens is 352 g/mol. The number of para-hydroxylation sites is 1. The van der Waals surface area contributed by atoms with E-state index in [0.717, 1.165) is 23.2 Å². The number of hydrogen-bond acceptors (Lipinski definition) is 3. The van der Waals surface area contributed by atoms with Crippen molar-refractivity contribution in [3.63, 3.8) is 0 Å². The highest BCUT2D eigenvalue weighted by molar-refractivity contribution is 5.97. The zero-order chi connectivity index (χ0) is 20.1. The molecule has 0 radical (unpaired) electrons. The number of methoxy groups -OCH3 is 1. The van der Waals surface area contributed by atoms with Crippen LogP contribution in [0.1, 0.15) is 43.4 Å². The Labute approximate surface area is 166 Å². The Morgan fingerprint density at radius 2 is 1.89 bits per heavy atom. The van der Waals surface area contributed by atoms with Gasteiger partial charge in [0.25, 0.3) is 0 Å². The van der Waals surface area contributed by atoms with Gasteiger partial charge in [0.15, 0.2) is 0 Å². The average molecular weight is 380 g/mol. The first-order valence-corrected chi connectivity index (χ1v) is 9.86. The van der Waals surface area contributed by atoms with Crippen molar-refractivity contribution in [1.82, 2.24) is 5.32 Å². The molecule has 1 saturated heterocycles. The normalized spacial score (nSPS) is 19.4. The summed E-state index contributed by atoms with van der Waals surface area (Å²) in [5.74, 6) is 0.371. The van der Waals surface area contributed by atoms with E-state index in [-0.39, 0.29) is 17.7 Å². The van der Waals surface area contributed by atoms with E-state index in [2.05, 4.69) is 5.32 Å². The maximum Gasteiger partial charge on any atom is 0.227 e. The lowest BCUT2D eigenvalue weighted by molar-refractivity contribution is -0.129. The molecule has 1 heterocycles. The number of rotatable bonds is 6. The Balaban J connectivity index is 2.09. The Bertz CT molecular complexity index is 832. The minimum Gasteiger partial charge on any atom is -0.496 e. The van der Waals surface area contributed by atoms with Crippen LogP contribution in [0.25, 0.3) is 0 Å². The molecule has 28 heavy (non-hydrogen) atoms. The molecule has 1 aliphatic heterocycles. The van der Waals surface area contributed by atoms with Crippen molar-refractivity contribution in [3.8, 4) is 5.75 Å². The zero-order valence-corrected chi connectivity index (χ0v) is 16.8. The van der Waals surface area contributed by atoms with Gasteiger partial charge in [-0.3, -0.25) is 9.59 Å². The molecule has 2 aromatic rings. The number of amides is 2. The van der Waals surface area contributed by atoms with Crippen molar-refractivity contribution in [2.75, 3.05) is 18.6 Å². The molecule has 5 nitrogen and oxygen atoms in total. The fourth-order valence-electron chi connectivity index (χ4n) is 3.82. The molecule has 3 rings (SSSR count). The van der Waals surface area contributed by atoms with Crippen LogP contribution in [0.4, 0.5) is 5.69 Å². The van der Waals surface area contributed by atoms with E-state index in [1.54, 1.807) is 12.0 Å². The molecular formula is C23H28N2O3. The zero-order valence-electron chi connectivity index (χ0n) is 16.8. The molecule has 0 saturated carbocycles. The molecule has 2 aromatic carbocycles. The van der Waals surface area contributed by atoms with Crippen LogP contribution in [0.5, 0.6) is 5.75 Å². The Morgan fingerprint density at radius 3 is 2.57 bits per heavy atom. The molecule has 2 unspecified atom stereocenters. The third-order valence-electron chi connectivity index (χ3n) is 5.25. The topological polar surface area (TPSA) is 58.6 Å². The van der Waals surface area contributed by atoms with Crippen molar-refractivity contribution in [1.29, 1.82) is 0 Å². The maximum absolute atomic E-state index is 13.0. The lowest BCUT2D eigenvalue weighted by Gasteiger charge is -2.41. The molecule has 0 bridgehead atoms. The van der Waals surface area contributed by atoms with Gasteiger partial charge in [-0.15, -0.1) is 0 Å². The van der Waals surface area contributed by atoms with Crippen molar-refractivity contribution >= 4 is 17.5 Å². The number of nitrogens with zero attached hydrogens (tertiary/aromatic N) is 1. The van der Waals surface area contributed by atoms with Gasteiger partial charge in [0.1, 0.15) is 5.75 Å². The fourth-order valence-corrected chi connectivity index (χ4v) is 3.82. The molecule has 2 atom stereocenters. The summed E-state index contributed by atoms with van der Waals surface area (Å²) in [4.78, 5) is 27.8. The van der Waals surface area contributed by atoms with Crippen LogP contribution < -0.4 is 15.0 Å². The average Bonchev–Trinajstić information content (AvgIpc) is 2.72. The van der Waals surface area contributed by atoms with Gasteiger partial charge in [-0.05, 0) is 38.0 Å². The number of hydrogen-bond donors (Lipinski definition) is 1. The predicted molar refractivity (Wildman–Crippen MR) is 110 cm³/mol. The number of benzene rings is 2. The van der Waals surface area contributed by atoms with Crippen molar-refractivity contribution in [2.24, 2.45) is 5.92 Å². The van der Waals surface area contributed by atoms with Gasteiger partial charge in [-0.1, -0.05) is 42.8 Å². The number of aryl methyl sites for hydroxylation is 1. The summed E-state index contributed by atoms with van der Waals surface area (Å²) in [7, 11) is 1.62. The highest BCUT2D eigenvalue weighted by Crippen LogP contribution is 2.43. The molecule has 148 valence electrons. The third-order valence-corrected chi connectivity index (χ3v) is 5.25. The number of piperidine rings is 1. The number of carbonyl (C=O) groups is 2. The molecule has 0 aromatic heterocycles. The Kier molecular flexibility index (Phi) is 6.34. The second kappa shape index (κ2) is 8.91. The fraction of sp³-hybridized carbons (Fsp3) is 0.391. The Hall–Kier alpha value is -2.82. The number of ether oxygens (including phenoxy) is 1. The quantitative estimate of drug-likeness (QED) is 0.824. The van der Waals surface area contributed by atoms with E-state index in [4.69, 9.17) is 4.74 Å². The summed E-state index contributed by atoms with van der Waals surface area (Å²) in [5, 5.41) is 3.02. The van der Waals surface area contributed by atoms with E-state index in [1.165, 1.54) is 0 Å². The van der Waals surface area contributed by atoms with E-state index in [1.807, 2.05) is 62.4 Å². The van der Waals surface area contributed by atoms with Crippen LogP contribution >= 0.6 is 0 Å². The lowest BCUT2D eigenvalue weighted by Crippen LogP contribution is -2.48. The predicted octanol–water partition coefficient (Wildman–Crippen LogP) is 4.01. The number of nitrogens with one attached hydrogen (secondary N) is 1. The van der Waals surface area contributed by atoms with E-state index < -0.39 is 6.04 Å². The third kappa shape index (κ3) is 4.03. The summed E-state index contributed by atoms with van der Waals surface area (Å²) >= 11 is 0. The molecule has 2 amide bonds. The number of anilines is 1. The van der Waals surface area contributed by atoms with Gasteiger partial charge in [-0.2, -0.15) is 0 Å². The van der Waals surface area contributed by atoms with Gasteiger partial charge in [-0.25, -0.2) is 0 Å². The first-order chi connectivity index (χ1) is 13.6. The summed E-state index contributed by atoms with van der Waals surface area (Å²) in [6, 6.07) is 15.1. The first-order valence-electron chi connectivity index (χ1n) is 9.86. The minimum atomic E-state index is -0.406. The molecule has 1 N–H and O–H groups in total. The van der Waals surface area contributed by atoms with Crippen molar-refractivity contribution in [3.05, 3.63) is 59.7 Å². The van der Waals surface area contributed by atoms with Crippen LogP contribution in [-0.2, 0) is 9.59 Å². The van der Waals surface area contributed by atoms with Crippen LogP contribution in [0, 0.1) is 12.8 Å².